The van der Waals surface area contributed by atoms with E-state index in [1.165, 1.54) is 30.3 Å². The summed E-state index contributed by atoms with van der Waals surface area (Å²) in [5.41, 5.74) is 10.7. The van der Waals surface area contributed by atoms with E-state index in [2.05, 4.69) is 29.8 Å². The number of benzene rings is 3. The molecule has 0 unspecified atom stereocenters. The van der Waals surface area contributed by atoms with Crippen molar-refractivity contribution in [2.24, 2.45) is 20.5 Å². The smallest absolute Gasteiger partial charge is 0.330 e. The number of sulfone groups is 1. The van der Waals surface area contributed by atoms with Gasteiger partial charge in [-0.3, -0.25) is 13.9 Å². The lowest BCUT2D eigenvalue weighted by molar-refractivity contribution is -0.692. The van der Waals surface area contributed by atoms with Gasteiger partial charge in [-0.2, -0.15) is 21.9 Å². The highest BCUT2D eigenvalue weighted by Gasteiger charge is 2.24. The third-order valence-electron chi connectivity index (χ3n) is 6.64. The van der Waals surface area contributed by atoms with Gasteiger partial charge in [0.15, 0.2) is 28.8 Å². The molecular formula is C28H28N7O13S5+. The molecule has 0 radical (unpaired) electrons. The molecule has 0 atom stereocenters. The molecule has 1 aromatic heterocycles. The summed E-state index contributed by atoms with van der Waals surface area (Å²) in [6.07, 6.45) is 3.57. The second-order valence-electron chi connectivity index (χ2n) is 10.4. The van der Waals surface area contributed by atoms with E-state index in [4.69, 9.17) is 20.9 Å². The first-order chi connectivity index (χ1) is 24.9. The van der Waals surface area contributed by atoms with Crippen LogP contribution in [0.25, 0.3) is 0 Å². The largest absolute Gasteiger partial charge is 0.396 e. The molecule has 7 N–H and O–H groups in total. The predicted octanol–water partition coefficient (Wildman–Crippen LogP) is 4.86. The SMILES string of the molecule is Cc1ccc[n+](CCS(=O)(=O)c2ccc(N=Nc3c(N)c(N=Nc4ccc(SOC(=O)CSOOO)cc4S(=O)(=O)O)cc(S(=O)(=O)O)c3N)cc2)c1. The molecule has 0 amide bonds. The first kappa shape index (κ1) is 41.2. The zero-order valence-corrected chi connectivity index (χ0v) is 31.0. The number of rotatable bonds is 16. The van der Waals surface area contributed by atoms with Gasteiger partial charge in [0.25, 0.3) is 20.2 Å². The van der Waals surface area contributed by atoms with Crippen LogP contribution in [0.5, 0.6) is 0 Å². The lowest BCUT2D eigenvalue weighted by Crippen LogP contribution is -2.36. The molecule has 0 spiro atoms. The number of carbonyl (C=O) groups excluding carboxylic acids is 1. The Hall–Kier alpha value is -4.57. The van der Waals surface area contributed by atoms with E-state index in [1.54, 1.807) is 16.8 Å². The Labute approximate surface area is 310 Å². The van der Waals surface area contributed by atoms with Gasteiger partial charge in [-0.15, -0.1) is 19.7 Å². The molecule has 3 aromatic carbocycles. The molecule has 282 valence electrons. The molecule has 1 heterocycles. The fourth-order valence-electron chi connectivity index (χ4n) is 4.19. The van der Waals surface area contributed by atoms with Crippen molar-refractivity contribution in [2.75, 3.05) is 23.0 Å². The zero-order chi connectivity index (χ0) is 39.0. The second kappa shape index (κ2) is 17.5. The molecular weight excluding hydrogens is 803 g/mol. The zero-order valence-electron chi connectivity index (χ0n) is 26.9. The normalized spacial score (nSPS) is 12.5. The summed E-state index contributed by atoms with van der Waals surface area (Å²) in [7, 11) is -13.7. The number of anilines is 2. The van der Waals surface area contributed by atoms with Gasteiger partial charge in [0.05, 0.1) is 34.0 Å². The minimum Gasteiger partial charge on any atom is -0.396 e. The van der Waals surface area contributed by atoms with Crippen LogP contribution < -0.4 is 16.0 Å². The fraction of sp³-hybridized carbons (Fsp3) is 0.143. The van der Waals surface area contributed by atoms with Gasteiger partial charge < -0.3 is 15.7 Å². The van der Waals surface area contributed by atoms with Crippen molar-refractivity contribution in [3.63, 3.8) is 0 Å². The predicted molar refractivity (Wildman–Crippen MR) is 189 cm³/mol. The minimum absolute atomic E-state index is 0.00417. The van der Waals surface area contributed by atoms with E-state index in [0.29, 0.717) is 24.1 Å². The van der Waals surface area contributed by atoms with Crippen LogP contribution in [0.2, 0.25) is 0 Å². The van der Waals surface area contributed by atoms with Gasteiger partial charge in [0.2, 0.25) is 0 Å². The Balaban J connectivity index is 1.61. The quantitative estimate of drug-likeness (QED) is 0.0147. The van der Waals surface area contributed by atoms with Crippen molar-refractivity contribution >= 4 is 94.3 Å². The average Bonchev–Trinajstić information content (AvgIpc) is 3.09. The summed E-state index contributed by atoms with van der Waals surface area (Å²) < 4.78 is 105. The highest BCUT2D eigenvalue weighted by Crippen LogP contribution is 2.43. The Bertz CT molecular complexity index is 2390. The topological polar surface area (TPSA) is 313 Å². The van der Waals surface area contributed by atoms with Crippen LogP contribution in [0.3, 0.4) is 0 Å². The number of nitrogen functional groups attached to an aromatic ring is 2. The van der Waals surface area contributed by atoms with E-state index in [0.717, 1.165) is 23.8 Å². The van der Waals surface area contributed by atoms with Crippen LogP contribution >= 0.6 is 24.1 Å². The summed E-state index contributed by atoms with van der Waals surface area (Å²) in [4.78, 5) is 10.0. The third-order valence-corrected chi connectivity index (χ3v) is 11.4. The summed E-state index contributed by atoms with van der Waals surface area (Å²) in [6, 6.07) is 12.9. The standard InChI is InChI=1S/C28H27N7O13S5/c1-17-3-2-10-35(15-17)11-12-51(38,39)20-7-4-18(5-8-20)31-34-28-26(29)22(14-24(27(28)30)53(43,44)45)33-32-21-9-6-19(13-23(21)52(40,41)42)50-46-25(36)16-49-48-47-37/h2-10,13-15H,11-12,16,29-30H2,1H3,(H2-,37,40,41,42,43,44,45)/p+1. The van der Waals surface area contributed by atoms with Crippen molar-refractivity contribution < 1.29 is 62.5 Å². The van der Waals surface area contributed by atoms with Crippen LogP contribution in [-0.2, 0) is 55.0 Å². The Morgan fingerprint density at radius 3 is 2.17 bits per heavy atom. The number of nitrogens with zero attached hydrogens (tertiary/aromatic N) is 5. The fourth-order valence-corrected chi connectivity index (χ4v) is 7.64. The molecule has 0 saturated heterocycles. The van der Waals surface area contributed by atoms with Crippen molar-refractivity contribution in [3.05, 3.63) is 78.6 Å². The van der Waals surface area contributed by atoms with E-state index < -0.39 is 80.0 Å². The summed E-state index contributed by atoms with van der Waals surface area (Å²) >= 11 is 0.799. The average molecular weight is 831 g/mol. The first-order valence-corrected chi connectivity index (χ1v) is 20.5. The Morgan fingerprint density at radius 2 is 1.53 bits per heavy atom. The third kappa shape index (κ3) is 11.5. The number of hydrogen-bond acceptors (Lipinski definition) is 19. The monoisotopic (exact) mass is 830 g/mol. The molecule has 4 aromatic rings. The molecule has 0 saturated carbocycles. The molecule has 20 nitrogen and oxygen atoms in total. The van der Waals surface area contributed by atoms with Gasteiger partial charge in [-0.1, -0.05) is 5.04 Å². The maximum absolute atomic E-state index is 12.9. The molecule has 0 aliphatic heterocycles. The highest BCUT2D eigenvalue weighted by molar-refractivity contribution is 7.96. The molecule has 53 heavy (non-hydrogen) atoms. The number of azo groups is 2. The van der Waals surface area contributed by atoms with E-state index in [1.807, 2.05) is 19.2 Å². The van der Waals surface area contributed by atoms with Gasteiger partial charge >= 0.3 is 5.97 Å². The van der Waals surface area contributed by atoms with E-state index in [9.17, 15) is 39.2 Å². The van der Waals surface area contributed by atoms with Crippen molar-refractivity contribution in [2.45, 2.75) is 33.1 Å². The van der Waals surface area contributed by atoms with Crippen LogP contribution in [0.1, 0.15) is 5.56 Å². The van der Waals surface area contributed by atoms with Gasteiger partial charge in [-0.05, 0) is 61.5 Å². The van der Waals surface area contributed by atoms with Crippen LogP contribution in [0.4, 0.5) is 34.1 Å². The summed E-state index contributed by atoms with van der Waals surface area (Å²) in [5.74, 6) is -1.48. The van der Waals surface area contributed by atoms with Gasteiger partial charge in [-0.25, -0.2) is 18.2 Å². The lowest BCUT2D eigenvalue weighted by Gasteiger charge is -2.11. The van der Waals surface area contributed by atoms with Crippen LogP contribution in [0, 0.1) is 6.92 Å². The summed E-state index contributed by atoms with van der Waals surface area (Å²) in [6.45, 7) is 2.10. The maximum Gasteiger partial charge on any atom is 0.330 e. The first-order valence-electron chi connectivity index (χ1n) is 14.3. The maximum atomic E-state index is 12.9. The number of hydrogen-bond donors (Lipinski definition) is 5. The Kier molecular flexibility index (Phi) is 13.6. The molecule has 25 heteroatoms. The molecule has 4 rings (SSSR count). The van der Waals surface area contributed by atoms with Crippen LogP contribution in [0.15, 0.2) is 113 Å². The number of aryl methyl sites for hydroxylation is 2. The van der Waals surface area contributed by atoms with Crippen molar-refractivity contribution in [1.82, 2.24) is 0 Å². The Morgan fingerprint density at radius 1 is 0.849 bits per heavy atom. The lowest BCUT2D eigenvalue weighted by atomic mass is 10.2. The summed E-state index contributed by atoms with van der Waals surface area (Å²) in [5, 5.41) is 26.8. The molecule has 0 fully saturated rings. The number of carbonyl (C=O) groups is 1. The molecule has 0 aliphatic carbocycles. The molecule has 0 bridgehead atoms. The highest BCUT2D eigenvalue weighted by atomic mass is 32.2. The number of pyridine rings is 1. The van der Waals surface area contributed by atoms with Crippen molar-refractivity contribution in [1.29, 1.82) is 0 Å². The minimum atomic E-state index is -5.03. The van der Waals surface area contributed by atoms with Gasteiger partial charge in [0, 0.05) is 28.6 Å². The van der Waals surface area contributed by atoms with E-state index >= 15 is 0 Å². The second-order valence-corrected chi connectivity index (χ2v) is 16.8. The number of aromatic nitrogens is 1. The number of nitrogens with two attached hydrogens (primary N) is 2. The molecule has 0 aliphatic rings. The van der Waals surface area contributed by atoms with Gasteiger partial charge in [0.1, 0.15) is 38.4 Å². The van der Waals surface area contributed by atoms with E-state index in [-0.39, 0.29) is 27.8 Å². The van der Waals surface area contributed by atoms with Crippen molar-refractivity contribution in [3.8, 4) is 0 Å². The van der Waals surface area contributed by atoms with Crippen LogP contribution in [-0.4, -0.2) is 57.1 Å².